The molecule has 2 heterocycles. The molecule has 1 aliphatic rings. The molecule has 4 aromatic rings. The zero-order chi connectivity index (χ0) is 24.2. The predicted molar refractivity (Wildman–Crippen MR) is 144 cm³/mol. The van der Waals surface area contributed by atoms with Crippen LogP contribution in [0, 0.1) is 0 Å². The molecule has 7 heteroatoms. The summed E-state index contributed by atoms with van der Waals surface area (Å²) in [6.45, 7) is 3.97. The number of benzene rings is 2. The lowest BCUT2D eigenvalue weighted by molar-refractivity contribution is 0.0601. The average Bonchev–Trinajstić information content (AvgIpc) is 3.48. The molecular weight excluding hydrogens is 456 g/mol. The van der Waals surface area contributed by atoms with Crippen LogP contribution < -0.4 is 5.32 Å². The summed E-state index contributed by atoms with van der Waals surface area (Å²) < 4.78 is 8.38. The number of nitrogens with one attached hydrogen (secondary N) is 1. The minimum Gasteiger partial charge on any atom is -0.465 e. The first-order valence-corrected chi connectivity index (χ1v) is 13.4. The molecule has 1 aliphatic carbocycles. The molecule has 35 heavy (non-hydrogen) atoms. The fourth-order valence-corrected chi connectivity index (χ4v) is 5.77. The third-order valence-corrected chi connectivity index (χ3v) is 7.74. The van der Waals surface area contributed by atoms with E-state index < -0.39 is 0 Å². The number of unbranched alkanes of at least 4 members (excludes halogenated alkanes) is 1. The highest BCUT2D eigenvalue weighted by Gasteiger charge is 2.19. The lowest BCUT2D eigenvalue weighted by Gasteiger charge is -2.15. The second-order valence-corrected chi connectivity index (χ2v) is 10.1. The largest absolute Gasteiger partial charge is 0.465 e. The first-order chi connectivity index (χ1) is 17.2. The van der Waals surface area contributed by atoms with Gasteiger partial charge in [-0.15, -0.1) is 0 Å². The van der Waals surface area contributed by atoms with E-state index in [2.05, 4.69) is 41.1 Å². The number of hydrogen-bond acceptors (Lipinski definition) is 6. The molecule has 0 atom stereocenters. The van der Waals surface area contributed by atoms with Crippen molar-refractivity contribution >= 4 is 43.7 Å². The number of anilines is 1. The summed E-state index contributed by atoms with van der Waals surface area (Å²) in [5, 5.41) is 4.42. The van der Waals surface area contributed by atoms with Gasteiger partial charge in [-0.05, 0) is 68.9 Å². The summed E-state index contributed by atoms with van der Waals surface area (Å²) in [5.74, 6) is 0.579. The van der Waals surface area contributed by atoms with Crippen molar-refractivity contribution in [3.63, 3.8) is 0 Å². The Hall–Kier alpha value is -3.19. The number of methoxy groups -OCH3 is 1. The molecule has 0 aliphatic heterocycles. The standard InChI is InChI=1S/C28H32N4O2S/c1-3-4-16-29-28-31-22-12-8-11-21(25(22)35-28)26-30-23-18-20(27(33)34-2)13-14-24(23)32(26)17-15-19-9-6-5-7-10-19/h8-9,11-14,18H,3-7,10,15-17H2,1-2H3,(H,29,31). The first kappa shape index (κ1) is 23.5. The van der Waals surface area contributed by atoms with Gasteiger partial charge >= 0.3 is 5.97 Å². The second-order valence-electron chi connectivity index (χ2n) is 9.09. The number of allylic oxidation sites excluding steroid dienone is 2. The van der Waals surface area contributed by atoms with Gasteiger partial charge in [0, 0.05) is 18.7 Å². The maximum atomic E-state index is 12.2. The molecule has 0 bridgehead atoms. The monoisotopic (exact) mass is 488 g/mol. The second kappa shape index (κ2) is 10.6. The van der Waals surface area contributed by atoms with Crippen molar-refractivity contribution in [3.8, 4) is 11.4 Å². The van der Waals surface area contributed by atoms with E-state index in [0.29, 0.717) is 5.56 Å². The molecule has 5 rings (SSSR count). The van der Waals surface area contributed by atoms with Crippen molar-refractivity contribution in [1.29, 1.82) is 0 Å². The Morgan fingerprint density at radius 2 is 2.09 bits per heavy atom. The van der Waals surface area contributed by atoms with E-state index in [1.165, 1.54) is 38.4 Å². The van der Waals surface area contributed by atoms with Crippen LogP contribution >= 0.6 is 11.3 Å². The Balaban J connectivity index is 1.59. The predicted octanol–water partition coefficient (Wildman–Crippen LogP) is 7.20. The number of aryl methyl sites for hydroxylation is 1. The molecule has 0 spiro atoms. The number of carbonyl (C=O) groups excluding carboxylic acids is 1. The molecule has 1 N–H and O–H groups in total. The van der Waals surface area contributed by atoms with E-state index in [4.69, 9.17) is 14.7 Å². The number of esters is 1. The topological polar surface area (TPSA) is 69.0 Å². The fraction of sp³-hybridized carbons (Fsp3) is 0.393. The molecule has 0 unspecified atom stereocenters. The van der Waals surface area contributed by atoms with Crippen LogP contribution in [0.3, 0.4) is 0 Å². The van der Waals surface area contributed by atoms with Crippen LogP contribution in [0.15, 0.2) is 48.0 Å². The Morgan fingerprint density at radius 1 is 1.17 bits per heavy atom. The highest BCUT2D eigenvalue weighted by Crippen LogP contribution is 2.36. The van der Waals surface area contributed by atoms with Crippen LogP contribution in [-0.4, -0.2) is 34.2 Å². The van der Waals surface area contributed by atoms with Crippen molar-refractivity contribution < 1.29 is 9.53 Å². The maximum absolute atomic E-state index is 12.2. The highest BCUT2D eigenvalue weighted by atomic mass is 32.1. The van der Waals surface area contributed by atoms with Crippen LogP contribution in [-0.2, 0) is 11.3 Å². The zero-order valence-electron chi connectivity index (χ0n) is 20.5. The number of thiazole rings is 1. The van der Waals surface area contributed by atoms with Gasteiger partial charge < -0.3 is 14.6 Å². The summed E-state index contributed by atoms with van der Waals surface area (Å²) in [5.41, 5.74) is 5.96. The average molecular weight is 489 g/mol. The fourth-order valence-electron chi connectivity index (χ4n) is 4.77. The normalized spacial score (nSPS) is 13.8. The third kappa shape index (κ3) is 4.96. The van der Waals surface area contributed by atoms with Crippen LogP contribution in [0.5, 0.6) is 0 Å². The van der Waals surface area contributed by atoms with Crippen LogP contribution in [0.2, 0.25) is 0 Å². The molecule has 2 aromatic carbocycles. The molecule has 0 amide bonds. The van der Waals surface area contributed by atoms with Crippen LogP contribution in [0.1, 0.15) is 62.2 Å². The molecule has 182 valence electrons. The van der Waals surface area contributed by atoms with Gasteiger partial charge in [-0.2, -0.15) is 0 Å². The van der Waals surface area contributed by atoms with Gasteiger partial charge in [-0.25, -0.2) is 14.8 Å². The number of rotatable bonds is 9. The van der Waals surface area contributed by atoms with Gasteiger partial charge in [-0.3, -0.25) is 0 Å². The smallest absolute Gasteiger partial charge is 0.337 e. The molecule has 2 aromatic heterocycles. The number of nitrogens with zero attached hydrogens (tertiary/aromatic N) is 3. The Bertz CT molecular complexity index is 1380. The Labute approximate surface area is 210 Å². The number of fused-ring (bicyclic) bond motifs is 2. The van der Waals surface area contributed by atoms with E-state index >= 15 is 0 Å². The van der Waals surface area contributed by atoms with Crippen LogP contribution in [0.25, 0.3) is 32.6 Å². The van der Waals surface area contributed by atoms with Crippen molar-refractivity contribution in [3.05, 3.63) is 53.6 Å². The molecule has 0 saturated carbocycles. The van der Waals surface area contributed by atoms with Gasteiger partial charge in [-0.1, -0.05) is 42.4 Å². The molecule has 0 fully saturated rings. The number of carbonyl (C=O) groups is 1. The Morgan fingerprint density at radius 3 is 2.89 bits per heavy atom. The van der Waals surface area contributed by atoms with Crippen LogP contribution in [0.4, 0.5) is 5.13 Å². The Kier molecular flexibility index (Phi) is 7.13. The van der Waals surface area contributed by atoms with Crippen molar-refractivity contribution in [2.45, 2.75) is 58.4 Å². The molecule has 6 nitrogen and oxygen atoms in total. The lowest BCUT2D eigenvalue weighted by Crippen LogP contribution is -2.04. The lowest BCUT2D eigenvalue weighted by atomic mass is 9.97. The van der Waals surface area contributed by atoms with Crippen molar-refractivity contribution in [1.82, 2.24) is 14.5 Å². The highest BCUT2D eigenvalue weighted by molar-refractivity contribution is 7.22. The van der Waals surface area contributed by atoms with E-state index in [-0.39, 0.29) is 5.97 Å². The van der Waals surface area contributed by atoms with E-state index in [1.54, 1.807) is 11.3 Å². The van der Waals surface area contributed by atoms with Gasteiger partial charge in [0.2, 0.25) is 0 Å². The summed E-state index contributed by atoms with van der Waals surface area (Å²) >= 11 is 1.68. The SMILES string of the molecule is CCCCNc1nc2cccc(-c3nc4cc(C(=O)OC)ccc4n3CCC3=CCCCC3)c2s1. The van der Waals surface area contributed by atoms with Crippen molar-refractivity contribution in [2.75, 3.05) is 19.0 Å². The molecule has 0 radical (unpaired) electrons. The van der Waals surface area contributed by atoms with Crippen molar-refractivity contribution in [2.24, 2.45) is 0 Å². The number of hydrogen-bond donors (Lipinski definition) is 1. The summed E-state index contributed by atoms with van der Waals surface area (Å²) in [7, 11) is 1.41. The maximum Gasteiger partial charge on any atom is 0.337 e. The summed E-state index contributed by atoms with van der Waals surface area (Å²) in [4.78, 5) is 22.0. The number of aromatic nitrogens is 3. The van der Waals surface area contributed by atoms with E-state index in [1.807, 2.05) is 18.2 Å². The van der Waals surface area contributed by atoms with Gasteiger partial charge in [0.15, 0.2) is 5.13 Å². The number of imidazole rings is 1. The zero-order valence-corrected chi connectivity index (χ0v) is 21.3. The summed E-state index contributed by atoms with van der Waals surface area (Å²) in [6.07, 6.45) is 10.6. The minimum absolute atomic E-state index is 0.345. The number of ether oxygens (including phenoxy) is 1. The minimum atomic E-state index is -0.345. The van der Waals surface area contributed by atoms with Gasteiger partial charge in [0.25, 0.3) is 0 Å². The third-order valence-electron chi connectivity index (χ3n) is 6.67. The molecule has 0 saturated heterocycles. The first-order valence-electron chi connectivity index (χ1n) is 12.6. The van der Waals surface area contributed by atoms with E-state index in [0.717, 1.165) is 70.1 Å². The summed E-state index contributed by atoms with van der Waals surface area (Å²) in [6, 6.07) is 11.9. The molecular formula is C28H32N4O2S. The van der Waals surface area contributed by atoms with Gasteiger partial charge in [0.05, 0.1) is 33.9 Å². The van der Waals surface area contributed by atoms with Gasteiger partial charge in [0.1, 0.15) is 5.82 Å². The quantitative estimate of drug-likeness (QED) is 0.153. The van der Waals surface area contributed by atoms with E-state index in [9.17, 15) is 4.79 Å².